The van der Waals surface area contributed by atoms with Crippen LogP contribution in [0.15, 0.2) is 30.3 Å². The third-order valence-electron chi connectivity index (χ3n) is 2.28. The largest absolute Gasteiger partial charge is 0.395 e. The molecule has 0 bridgehead atoms. The van der Waals surface area contributed by atoms with E-state index in [1.54, 1.807) is 0 Å². The van der Waals surface area contributed by atoms with E-state index in [0.29, 0.717) is 0 Å². The summed E-state index contributed by atoms with van der Waals surface area (Å²) in [5, 5.41) is 8.97. The fraction of sp³-hybridized carbons (Fsp3) is 0.500. The first kappa shape index (κ1) is 12.6. The SMILES string of the molecule is CSCCN(CCO)Cc1ccccc1. The van der Waals surface area contributed by atoms with Gasteiger partial charge in [0.1, 0.15) is 0 Å². The van der Waals surface area contributed by atoms with E-state index in [0.717, 1.165) is 25.4 Å². The molecule has 84 valence electrons. The van der Waals surface area contributed by atoms with Gasteiger partial charge in [0.05, 0.1) is 6.61 Å². The van der Waals surface area contributed by atoms with Crippen LogP contribution in [0, 0.1) is 0 Å². The maximum absolute atomic E-state index is 8.97. The molecule has 0 radical (unpaired) electrons. The first-order chi connectivity index (χ1) is 7.36. The molecular formula is C12H19NOS. The van der Waals surface area contributed by atoms with Gasteiger partial charge in [-0.1, -0.05) is 30.3 Å². The summed E-state index contributed by atoms with van der Waals surface area (Å²) in [5.74, 6) is 1.12. The molecule has 0 aliphatic rings. The number of rotatable bonds is 7. The van der Waals surface area contributed by atoms with Crippen LogP contribution in [-0.4, -0.2) is 41.7 Å². The Morgan fingerprint density at radius 2 is 1.93 bits per heavy atom. The van der Waals surface area contributed by atoms with E-state index in [9.17, 15) is 0 Å². The van der Waals surface area contributed by atoms with Crippen LogP contribution >= 0.6 is 11.8 Å². The van der Waals surface area contributed by atoms with Crippen molar-refractivity contribution in [1.29, 1.82) is 0 Å². The van der Waals surface area contributed by atoms with Crippen molar-refractivity contribution in [1.82, 2.24) is 4.90 Å². The van der Waals surface area contributed by atoms with Crippen molar-refractivity contribution in [3.63, 3.8) is 0 Å². The maximum atomic E-state index is 8.97. The number of aliphatic hydroxyl groups excluding tert-OH is 1. The predicted octanol–water partition coefficient (Wildman–Crippen LogP) is 1.84. The van der Waals surface area contributed by atoms with E-state index in [1.165, 1.54) is 5.56 Å². The van der Waals surface area contributed by atoms with Crippen LogP contribution in [0.3, 0.4) is 0 Å². The van der Waals surface area contributed by atoms with Crippen LogP contribution in [0.1, 0.15) is 5.56 Å². The Hall–Kier alpha value is -0.510. The highest BCUT2D eigenvalue weighted by Crippen LogP contribution is 2.05. The second kappa shape index (κ2) is 7.74. The van der Waals surface area contributed by atoms with Crippen molar-refractivity contribution in [3.8, 4) is 0 Å². The predicted molar refractivity (Wildman–Crippen MR) is 67.2 cm³/mol. The van der Waals surface area contributed by atoms with Gasteiger partial charge in [0.2, 0.25) is 0 Å². The average molecular weight is 225 g/mol. The second-order valence-electron chi connectivity index (χ2n) is 3.48. The molecule has 0 saturated heterocycles. The molecular weight excluding hydrogens is 206 g/mol. The zero-order chi connectivity index (χ0) is 10.9. The quantitative estimate of drug-likeness (QED) is 0.766. The first-order valence-corrected chi connectivity index (χ1v) is 6.62. The van der Waals surface area contributed by atoms with Crippen LogP contribution in [0.4, 0.5) is 0 Å². The molecule has 1 aromatic rings. The first-order valence-electron chi connectivity index (χ1n) is 5.23. The number of benzene rings is 1. The summed E-state index contributed by atoms with van der Waals surface area (Å²) in [6.07, 6.45) is 2.11. The van der Waals surface area contributed by atoms with Crippen molar-refractivity contribution in [2.24, 2.45) is 0 Å². The van der Waals surface area contributed by atoms with Gasteiger partial charge in [0, 0.05) is 25.4 Å². The van der Waals surface area contributed by atoms with Crippen LogP contribution in [0.5, 0.6) is 0 Å². The fourth-order valence-corrected chi connectivity index (χ4v) is 1.91. The zero-order valence-electron chi connectivity index (χ0n) is 9.22. The molecule has 1 rings (SSSR count). The summed E-state index contributed by atoms with van der Waals surface area (Å²) in [4.78, 5) is 2.28. The van der Waals surface area contributed by atoms with Gasteiger partial charge < -0.3 is 5.11 Å². The van der Waals surface area contributed by atoms with Gasteiger partial charge in [-0.15, -0.1) is 0 Å². The maximum Gasteiger partial charge on any atom is 0.0558 e. The number of nitrogens with zero attached hydrogens (tertiary/aromatic N) is 1. The van der Waals surface area contributed by atoms with Crippen LogP contribution in [0.2, 0.25) is 0 Å². The van der Waals surface area contributed by atoms with E-state index >= 15 is 0 Å². The van der Waals surface area contributed by atoms with E-state index in [-0.39, 0.29) is 6.61 Å². The Morgan fingerprint density at radius 3 is 2.53 bits per heavy atom. The van der Waals surface area contributed by atoms with Crippen molar-refractivity contribution < 1.29 is 5.11 Å². The van der Waals surface area contributed by atoms with Gasteiger partial charge in [-0.3, -0.25) is 4.90 Å². The zero-order valence-corrected chi connectivity index (χ0v) is 10.0. The van der Waals surface area contributed by atoms with E-state index in [4.69, 9.17) is 5.11 Å². The van der Waals surface area contributed by atoms with Crippen molar-refractivity contribution >= 4 is 11.8 Å². The van der Waals surface area contributed by atoms with Gasteiger partial charge in [-0.05, 0) is 11.8 Å². The topological polar surface area (TPSA) is 23.5 Å². The summed E-state index contributed by atoms with van der Waals surface area (Å²) in [6, 6.07) is 10.4. The second-order valence-corrected chi connectivity index (χ2v) is 4.46. The lowest BCUT2D eigenvalue weighted by Gasteiger charge is -2.20. The van der Waals surface area contributed by atoms with Gasteiger partial charge in [-0.25, -0.2) is 0 Å². The number of aliphatic hydroxyl groups is 1. The minimum Gasteiger partial charge on any atom is -0.395 e. The molecule has 1 aromatic carbocycles. The minimum atomic E-state index is 0.237. The standard InChI is InChI=1S/C12H19NOS/c1-15-10-8-13(7-9-14)11-12-5-3-2-4-6-12/h2-6,14H,7-11H2,1H3. The Morgan fingerprint density at radius 1 is 1.20 bits per heavy atom. The monoisotopic (exact) mass is 225 g/mol. The van der Waals surface area contributed by atoms with Gasteiger partial charge in [0.25, 0.3) is 0 Å². The molecule has 0 aromatic heterocycles. The molecule has 0 aliphatic heterocycles. The molecule has 2 nitrogen and oxygen atoms in total. The molecule has 0 heterocycles. The molecule has 0 atom stereocenters. The lowest BCUT2D eigenvalue weighted by atomic mass is 10.2. The third kappa shape index (κ3) is 5.21. The normalized spacial score (nSPS) is 10.9. The molecule has 15 heavy (non-hydrogen) atoms. The molecule has 0 fully saturated rings. The van der Waals surface area contributed by atoms with Crippen LogP contribution < -0.4 is 0 Å². The molecule has 0 saturated carbocycles. The highest BCUT2D eigenvalue weighted by molar-refractivity contribution is 7.98. The molecule has 0 aliphatic carbocycles. The third-order valence-corrected chi connectivity index (χ3v) is 2.87. The Labute approximate surface area is 96.3 Å². The molecule has 0 unspecified atom stereocenters. The van der Waals surface area contributed by atoms with Crippen LogP contribution in [0.25, 0.3) is 0 Å². The van der Waals surface area contributed by atoms with E-state index < -0.39 is 0 Å². The highest BCUT2D eigenvalue weighted by Gasteiger charge is 2.04. The molecule has 1 N–H and O–H groups in total. The van der Waals surface area contributed by atoms with Crippen LogP contribution in [-0.2, 0) is 6.54 Å². The Bertz CT molecular complexity index is 253. The average Bonchev–Trinajstić information content (AvgIpc) is 2.28. The highest BCUT2D eigenvalue weighted by atomic mass is 32.2. The number of thioether (sulfide) groups is 1. The summed E-state index contributed by atoms with van der Waals surface area (Å²) in [5.41, 5.74) is 1.31. The Kier molecular flexibility index (Phi) is 6.48. The number of hydrogen-bond donors (Lipinski definition) is 1. The van der Waals surface area contributed by atoms with Gasteiger partial charge >= 0.3 is 0 Å². The summed E-state index contributed by atoms with van der Waals surface area (Å²) >= 11 is 1.84. The van der Waals surface area contributed by atoms with E-state index in [2.05, 4.69) is 35.4 Å². The fourth-order valence-electron chi connectivity index (χ4n) is 1.47. The van der Waals surface area contributed by atoms with Crippen molar-refractivity contribution in [2.45, 2.75) is 6.54 Å². The molecule has 0 spiro atoms. The summed E-state index contributed by atoms with van der Waals surface area (Å²) in [6.45, 7) is 2.97. The Balaban J connectivity index is 2.43. The lowest BCUT2D eigenvalue weighted by molar-refractivity contribution is 0.198. The molecule has 0 amide bonds. The van der Waals surface area contributed by atoms with Crippen molar-refractivity contribution in [3.05, 3.63) is 35.9 Å². The van der Waals surface area contributed by atoms with Crippen molar-refractivity contribution in [2.75, 3.05) is 31.7 Å². The van der Waals surface area contributed by atoms with Gasteiger partial charge in [0.15, 0.2) is 0 Å². The summed E-state index contributed by atoms with van der Waals surface area (Å²) in [7, 11) is 0. The lowest BCUT2D eigenvalue weighted by Crippen LogP contribution is -2.28. The number of hydrogen-bond acceptors (Lipinski definition) is 3. The minimum absolute atomic E-state index is 0.237. The van der Waals surface area contributed by atoms with E-state index in [1.807, 2.05) is 17.8 Å². The smallest absolute Gasteiger partial charge is 0.0558 e. The van der Waals surface area contributed by atoms with Gasteiger partial charge in [-0.2, -0.15) is 11.8 Å². The summed E-state index contributed by atoms with van der Waals surface area (Å²) < 4.78 is 0. The molecule has 3 heteroatoms.